The van der Waals surface area contributed by atoms with E-state index in [2.05, 4.69) is 9.82 Å². The summed E-state index contributed by atoms with van der Waals surface area (Å²) in [5, 5.41) is 4.16. The maximum atomic E-state index is 12.6. The predicted octanol–water partition coefficient (Wildman–Crippen LogP) is 3.63. The van der Waals surface area contributed by atoms with E-state index in [1.54, 1.807) is 49.8 Å². The third-order valence-corrected chi connectivity index (χ3v) is 5.43. The van der Waals surface area contributed by atoms with Crippen molar-refractivity contribution in [3.63, 3.8) is 0 Å². The van der Waals surface area contributed by atoms with E-state index in [1.807, 2.05) is 30.3 Å². The second-order valence-corrected chi connectivity index (χ2v) is 7.29. The normalized spacial score (nSPS) is 11.3. The lowest BCUT2D eigenvalue weighted by Crippen LogP contribution is -2.14. The fourth-order valence-corrected chi connectivity index (χ4v) is 4.06. The molecule has 0 aliphatic rings. The van der Waals surface area contributed by atoms with Crippen LogP contribution in [0.2, 0.25) is 0 Å². The first kappa shape index (κ1) is 17.0. The first-order valence-corrected chi connectivity index (χ1v) is 9.21. The maximum Gasteiger partial charge on any atom is 0.265 e. The molecule has 0 radical (unpaired) electrons. The molecule has 0 aliphatic heterocycles. The molecule has 7 heteroatoms. The quantitative estimate of drug-likeness (QED) is 0.757. The molecule has 0 atom stereocenters. The number of aryl methyl sites for hydroxylation is 2. The van der Waals surface area contributed by atoms with Crippen molar-refractivity contribution >= 4 is 15.7 Å². The van der Waals surface area contributed by atoms with Gasteiger partial charge in [0, 0.05) is 12.7 Å². The third kappa shape index (κ3) is 3.66. The van der Waals surface area contributed by atoms with Crippen LogP contribution < -0.4 is 9.46 Å². The highest BCUT2D eigenvalue weighted by atomic mass is 32.2. The molecule has 0 fully saturated rings. The number of anilines is 1. The molecule has 0 amide bonds. The van der Waals surface area contributed by atoms with Gasteiger partial charge in [0.25, 0.3) is 10.0 Å². The number of nitrogens with zero attached hydrogens (tertiary/aromatic N) is 2. The first-order valence-electron chi connectivity index (χ1n) is 7.73. The minimum absolute atomic E-state index is 0.208. The van der Waals surface area contributed by atoms with Crippen LogP contribution in [0.25, 0.3) is 0 Å². The maximum absolute atomic E-state index is 12.6. The number of nitrogens with one attached hydrogen (secondary N) is 1. The van der Waals surface area contributed by atoms with Crippen LogP contribution in [-0.4, -0.2) is 18.2 Å². The highest BCUT2D eigenvalue weighted by molar-refractivity contribution is 7.92. The van der Waals surface area contributed by atoms with Gasteiger partial charge in [-0.3, -0.25) is 9.40 Å². The number of aromatic nitrogens is 2. The fraction of sp³-hybridized carbons (Fsp3) is 0.167. The smallest absolute Gasteiger partial charge is 0.265 e. The molecule has 1 heterocycles. The molecule has 0 saturated heterocycles. The number of benzene rings is 2. The van der Waals surface area contributed by atoms with Crippen LogP contribution in [-0.2, 0) is 17.1 Å². The predicted molar refractivity (Wildman–Crippen MR) is 96.4 cm³/mol. The molecule has 130 valence electrons. The molecule has 3 aromatic rings. The molecule has 0 spiro atoms. The Hall–Kier alpha value is -2.80. The van der Waals surface area contributed by atoms with E-state index < -0.39 is 10.0 Å². The van der Waals surface area contributed by atoms with Gasteiger partial charge in [-0.2, -0.15) is 5.10 Å². The number of hydrogen-bond acceptors (Lipinski definition) is 4. The molecule has 1 aromatic heterocycles. The van der Waals surface area contributed by atoms with Gasteiger partial charge in [0.15, 0.2) is 0 Å². The Labute approximate surface area is 147 Å². The van der Waals surface area contributed by atoms with Crippen molar-refractivity contribution < 1.29 is 13.2 Å². The van der Waals surface area contributed by atoms with E-state index in [0.717, 1.165) is 5.75 Å². The second kappa shape index (κ2) is 6.60. The molecule has 0 unspecified atom stereocenters. The van der Waals surface area contributed by atoms with E-state index in [1.165, 1.54) is 0 Å². The summed E-state index contributed by atoms with van der Waals surface area (Å²) in [4.78, 5) is 0.208. The first-order chi connectivity index (χ1) is 11.9. The van der Waals surface area contributed by atoms with Gasteiger partial charge < -0.3 is 4.74 Å². The van der Waals surface area contributed by atoms with Gasteiger partial charge in [-0.1, -0.05) is 18.2 Å². The Kier molecular flexibility index (Phi) is 4.50. The molecule has 3 rings (SSSR count). The summed E-state index contributed by atoms with van der Waals surface area (Å²) in [6, 6.07) is 16.1. The van der Waals surface area contributed by atoms with Crippen LogP contribution in [0.5, 0.6) is 11.5 Å². The average Bonchev–Trinajstić information content (AvgIpc) is 2.83. The van der Waals surface area contributed by atoms with Crippen molar-refractivity contribution in [1.29, 1.82) is 0 Å². The molecule has 0 bridgehead atoms. The molecule has 2 aromatic carbocycles. The van der Waals surface area contributed by atoms with E-state index >= 15 is 0 Å². The van der Waals surface area contributed by atoms with Crippen LogP contribution in [0.1, 0.15) is 11.4 Å². The van der Waals surface area contributed by atoms with Crippen molar-refractivity contribution in [1.82, 2.24) is 9.78 Å². The van der Waals surface area contributed by atoms with Gasteiger partial charge in [0.2, 0.25) is 0 Å². The number of sulfonamides is 1. The highest BCUT2D eigenvalue weighted by Crippen LogP contribution is 2.25. The van der Waals surface area contributed by atoms with Gasteiger partial charge in [-0.15, -0.1) is 0 Å². The van der Waals surface area contributed by atoms with E-state index in [4.69, 9.17) is 4.74 Å². The van der Waals surface area contributed by atoms with Crippen LogP contribution >= 0.6 is 0 Å². The zero-order chi connectivity index (χ0) is 18.0. The van der Waals surface area contributed by atoms with Gasteiger partial charge in [0.1, 0.15) is 16.4 Å². The van der Waals surface area contributed by atoms with Gasteiger partial charge in [0.05, 0.1) is 11.4 Å². The zero-order valence-corrected chi connectivity index (χ0v) is 15.0. The fourth-order valence-electron chi connectivity index (χ4n) is 2.56. The zero-order valence-electron chi connectivity index (χ0n) is 14.2. The number of hydrogen-bond donors (Lipinski definition) is 1. The summed E-state index contributed by atoms with van der Waals surface area (Å²) in [5.41, 5.74) is 1.52. The number of ether oxygens (including phenoxy) is 1. The molecular formula is C18H19N3O3S. The van der Waals surface area contributed by atoms with Crippen molar-refractivity contribution in [2.45, 2.75) is 18.7 Å². The summed E-state index contributed by atoms with van der Waals surface area (Å²) in [5.74, 6) is 1.35. The van der Waals surface area contributed by atoms with Crippen molar-refractivity contribution in [3.05, 3.63) is 66.0 Å². The summed E-state index contributed by atoms with van der Waals surface area (Å²) in [7, 11) is -1.98. The van der Waals surface area contributed by atoms with Crippen molar-refractivity contribution in [2.24, 2.45) is 7.05 Å². The summed E-state index contributed by atoms with van der Waals surface area (Å²) in [6.45, 7) is 3.41. The lowest BCUT2D eigenvalue weighted by molar-refractivity contribution is 0.483. The van der Waals surface area contributed by atoms with Crippen LogP contribution in [0.3, 0.4) is 0 Å². The molecule has 1 N–H and O–H groups in total. The van der Waals surface area contributed by atoms with E-state index in [9.17, 15) is 8.42 Å². The minimum Gasteiger partial charge on any atom is -0.457 e. The molecule has 0 saturated carbocycles. The third-order valence-electron chi connectivity index (χ3n) is 3.80. The molecular weight excluding hydrogens is 338 g/mol. The summed E-state index contributed by atoms with van der Waals surface area (Å²) in [6.07, 6.45) is 0. The summed E-state index contributed by atoms with van der Waals surface area (Å²) < 4.78 is 35.1. The Morgan fingerprint density at radius 1 is 0.960 bits per heavy atom. The lowest BCUT2D eigenvalue weighted by Gasteiger charge is -2.10. The SMILES string of the molecule is Cc1nn(C)c(C)c1S(=O)(=O)Nc1ccc(Oc2ccccc2)cc1. The summed E-state index contributed by atoms with van der Waals surface area (Å²) >= 11 is 0. The molecule has 0 aliphatic carbocycles. The molecule has 6 nitrogen and oxygen atoms in total. The van der Waals surface area contributed by atoms with Crippen LogP contribution in [0, 0.1) is 13.8 Å². The monoisotopic (exact) mass is 357 g/mol. The lowest BCUT2D eigenvalue weighted by atomic mass is 10.3. The van der Waals surface area contributed by atoms with Gasteiger partial charge in [-0.25, -0.2) is 8.42 Å². The Morgan fingerprint density at radius 2 is 1.56 bits per heavy atom. The highest BCUT2D eigenvalue weighted by Gasteiger charge is 2.23. The number of rotatable bonds is 5. The standard InChI is InChI=1S/C18H19N3O3S/c1-13-18(14(2)21(3)19-13)25(22,23)20-15-9-11-17(12-10-15)24-16-7-5-4-6-8-16/h4-12,20H,1-3H3. The Bertz CT molecular complexity index is 978. The van der Waals surface area contributed by atoms with Crippen molar-refractivity contribution in [3.8, 4) is 11.5 Å². The Balaban J connectivity index is 1.79. The van der Waals surface area contributed by atoms with Gasteiger partial charge in [-0.05, 0) is 50.2 Å². The second-order valence-electron chi connectivity index (χ2n) is 5.67. The minimum atomic E-state index is -3.70. The van der Waals surface area contributed by atoms with Crippen LogP contribution in [0.4, 0.5) is 5.69 Å². The average molecular weight is 357 g/mol. The van der Waals surface area contributed by atoms with Crippen LogP contribution in [0.15, 0.2) is 59.5 Å². The van der Waals surface area contributed by atoms with Gasteiger partial charge >= 0.3 is 0 Å². The topological polar surface area (TPSA) is 73.2 Å². The van der Waals surface area contributed by atoms with E-state index in [-0.39, 0.29) is 4.90 Å². The van der Waals surface area contributed by atoms with Crippen molar-refractivity contribution in [2.75, 3.05) is 4.72 Å². The number of para-hydroxylation sites is 1. The molecule has 25 heavy (non-hydrogen) atoms. The largest absolute Gasteiger partial charge is 0.457 e. The Morgan fingerprint density at radius 3 is 2.12 bits per heavy atom. The van der Waals surface area contributed by atoms with E-state index in [0.29, 0.717) is 22.8 Å².